The van der Waals surface area contributed by atoms with Crippen molar-refractivity contribution in [2.24, 2.45) is 0 Å². The van der Waals surface area contributed by atoms with Crippen LogP contribution < -0.4 is 24.8 Å². The number of halogens is 2. The van der Waals surface area contributed by atoms with E-state index in [-0.39, 0.29) is 84.8 Å². The van der Waals surface area contributed by atoms with E-state index in [1.165, 1.54) is 36.4 Å². The molecular weight excluding hydrogens is 530 g/mol. The molecule has 0 amide bonds. The van der Waals surface area contributed by atoms with Crippen LogP contribution in [-0.2, 0) is 26.2 Å². The normalized spacial score (nSPS) is 9.16. The smallest absolute Gasteiger partial charge is 1.00 e. The van der Waals surface area contributed by atoms with Crippen molar-refractivity contribution in [1.29, 1.82) is 0 Å². The number of phenolic OH excluding ortho intramolecular Hbond substituents is 4. The first-order chi connectivity index (χ1) is 13.2. The van der Waals surface area contributed by atoms with Crippen molar-refractivity contribution >= 4 is 21.5 Å². The molecule has 164 valence electrons. The van der Waals surface area contributed by atoms with Gasteiger partial charge in [0.25, 0.3) is 0 Å². The van der Waals surface area contributed by atoms with E-state index in [9.17, 15) is 20.4 Å². The van der Waals surface area contributed by atoms with Crippen LogP contribution in [0, 0.1) is 0 Å². The monoisotopic (exact) mass is 546 g/mol. The molecule has 0 bridgehead atoms. The minimum absolute atomic E-state index is 0. The summed E-state index contributed by atoms with van der Waals surface area (Å²) in [4.78, 5) is 0. The maximum Gasteiger partial charge on any atom is 4.00 e. The summed E-state index contributed by atoms with van der Waals surface area (Å²) in [6, 6.07) is 8.18. The molecule has 31 heavy (non-hydrogen) atoms. The van der Waals surface area contributed by atoms with Crippen molar-refractivity contribution in [2.45, 2.75) is 0 Å². The topological polar surface area (TPSA) is 162 Å². The Morgan fingerprint density at radius 3 is 1.10 bits per heavy atom. The van der Waals surface area contributed by atoms with E-state index in [1.807, 2.05) is 0 Å². The Balaban J connectivity index is 0. The molecule has 4 rings (SSSR count). The molecule has 0 aliphatic heterocycles. The minimum Gasteiger partial charge on any atom is -1.00 e. The predicted molar refractivity (Wildman–Crippen MR) is 104 cm³/mol. The van der Waals surface area contributed by atoms with Crippen molar-refractivity contribution in [2.75, 3.05) is 0 Å². The van der Waals surface area contributed by atoms with Gasteiger partial charge in [-0.25, -0.2) is 0 Å². The first-order valence-electron chi connectivity index (χ1n) is 7.76. The van der Waals surface area contributed by atoms with Crippen molar-refractivity contribution in [1.82, 2.24) is 0 Å². The Morgan fingerprint density at radius 1 is 0.516 bits per heavy atom. The number of hydrogen-bond acceptors (Lipinski definition) is 8. The second kappa shape index (κ2) is 12.2. The van der Waals surface area contributed by atoms with Crippen LogP contribution in [0.5, 0.6) is 46.0 Å². The molecule has 11 heteroatoms. The molecule has 0 spiro atoms. The fourth-order valence-electron chi connectivity index (χ4n) is 2.62. The second-order valence-electron chi connectivity index (χ2n) is 5.55. The molecule has 4 aromatic carbocycles. The van der Waals surface area contributed by atoms with Crippen molar-refractivity contribution in [3.63, 3.8) is 0 Å². The SMILES string of the molecule is C=C.Oc1ccc2[cH-]c(O)c(O)c2c1O.Oc1ccc2[cH-]c(O)c(O)c2c1O.[Cl-].[Cl-].[Zr+4]. The molecule has 0 fully saturated rings. The average molecular weight is 548 g/mol. The van der Waals surface area contributed by atoms with E-state index < -0.39 is 23.0 Å². The summed E-state index contributed by atoms with van der Waals surface area (Å²) >= 11 is 0. The van der Waals surface area contributed by atoms with Gasteiger partial charge in [0.05, 0.1) is 23.0 Å². The van der Waals surface area contributed by atoms with Gasteiger partial charge in [-0.15, -0.1) is 48.2 Å². The van der Waals surface area contributed by atoms with Gasteiger partial charge in [0, 0.05) is 0 Å². The van der Waals surface area contributed by atoms with Crippen molar-refractivity contribution in [3.05, 3.63) is 49.6 Å². The summed E-state index contributed by atoms with van der Waals surface area (Å²) in [5.41, 5.74) is 0. The van der Waals surface area contributed by atoms with Gasteiger partial charge < -0.3 is 65.7 Å². The number of hydrogen-bond donors (Lipinski definition) is 8. The van der Waals surface area contributed by atoms with E-state index in [0.29, 0.717) is 10.8 Å². The van der Waals surface area contributed by atoms with Crippen LogP contribution in [0.1, 0.15) is 0 Å². The second-order valence-corrected chi connectivity index (χ2v) is 5.55. The molecule has 0 atom stereocenters. The first-order valence-corrected chi connectivity index (χ1v) is 7.76. The van der Waals surface area contributed by atoms with Crippen LogP contribution in [-0.4, -0.2) is 40.9 Å². The van der Waals surface area contributed by atoms with Gasteiger partial charge >= 0.3 is 26.2 Å². The third kappa shape index (κ3) is 5.70. The number of rotatable bonds is 0. The van der Waals surface area contributed by atoms with Crippen LogP contribution in [0.4, 0.5) is 0 Å². The largest absolute Gasteiger partial charge is 4.00 e. The summed E-state index contributed by atoms with van der Waals surface area (Å²) in [5.74, 6) is -2.94. The first kappa shape index (κ1) is 30.5. The predicted octanol–water partition coefficient (Wildman–Crippen LogP) is -2.43. The third-order valence-corrected chi connectivity index (χ3v) is 3.92. The summed E-state index contributed by atoms with van der Waals surface area (Å²) in [5, 5.41) is 74.8. The zero-order valence-corrected chi connectivity index (χ0v) is 19.7. The molecule has 0 saturated heterocycles. The van der Waals surface area contributed by atoms with Crippen LogP contribution in [0.15, 0.2) is 49.6 Å². The molecule has 0 heterocycles. The van der Waals surface area contributed by atoms with Gasteiger partial charge in [-0.05, 0) is 0 Å². The summed E-state index contributed by atoms with van der Waals surface area (Å²) < 4.78 is 0. The molecule has 0 unspecified atom stereocenters. The molecular formula is C20H18Cl2O8Zr. The van der Waals surface area contributed by atoms with Crippen LogP contribution in [0.25, 0.3) is 21.5 Å². The summed E-state index contributed by atoms with van der Waals surface area (Å²) in [6.07, 6.45) is 0. The molecule has 8 nitrogen and oxygen atoms in total. The Labute approximate surface area is 208 Å². The van der Waals surface area contributed by atoms with E-state index in [0.717, 1.165) is 0 Å². The summed E-state index contributed by atoms with van der Waals surface area (Å²) in [7, 11) is 0. The minimum atomic E-state index is -0.421. The van der Waals surface area contributed by atoms with Crippen LogP contribution >= 0.6 is 0 Å². The number of fused-ring (bicyclic) bond motifs is 2. The van der Waals surface area contributed by atoms with Gasteiger partial charge in [-0.1, -0.05) is 22.9 Å². The number of phenols is 4. The standard InChI is InChI=1S/2C9H7O4.C2H4.2ClH.Zr/c2*10-5-2-1-4-3-6(11)9(13)7(4)8(5)12;1-2;;;/h2*1-3,10-13H;1-2H2;2*1H;/q2*-1;;;;+4/p-2. The summed E-state index contributed by atoms with van der Waals surface area (Å²) in [6.45, 7) is 6.00. The Bertz CT molecular complexity index is 1060. The van der Waals surface area contributed by atoms with Crippen molar-refractivity contribution in [3.8, 4) is 46.0 Å². The van der Waals surface area contributed by atoms with Crippen molar-refractivity contribution < 1.29 is 91.9 Å². The number of aromatic hydroxyl groups is 8. The number of benzene rings is 2. The molecule has 4 aromatic rings. The molecule has 0 radical (unpaired) electrons. The van der Waals surface area contributed by atoms with Gasteiger partial charge in [-0.2, -0.15) is 0 Å². The maximum atomic E-state index is 9.33. The molecule has 0 aliphatic carbocycles. The third-order valence-electron chi connectivity index (χ3n) is 3.92. The molecule has 0 aromatic heterocycles. The van der Waals surface area contributed by atoms with E-state index in [2.05, 4.69) is 13.2 Å². The quantitative estimate of drug-likeness (QED) is 0.0684. The molecule has 8 N–H and O–H groups in total. The van der Waals surface area contributed by atoms with Gasteiger partial charge in [-0.3, -0.25) is 0 Å². The molecule has 0 saturated carbocycles. The maximum absolute atomic E-state index is 9.33. The Hall–Kier alpha value is -2.74. The Kier molecular flexibility index (Phi) is 12.0. The van der Waals surface area contributed by atoms with Crippen LogP contribution in [0.2, 0.25) is 0 Å². The Morgan fingerprint density at radius 2 is 0.806 bits per heavy atom. The van der Waals surface area contributed by atoms with Gasteiger partial charge in [0.15, 0.2) is 0 Å². The van der Waals surface area contributed by atoms with E-state index in [4.69, 9.17) is 20.4 Å². The zero-order chi connectivity index (χ0) is 21.2. The molecule has 0 aliphatic rings. The van der Waals surface area contributed by atoms with Gasteiger partial charge in [0.2, 0.25) is 0 Å². The van der Waals surface area contributed by atoms with Gasteiger partial charge in [0.1, 0.15) is 23.0 Å². The average Bonchev–Trinajstić information content (AvgIpc) is 3.14. The zero-order valence-electron chi connectivity index (χ0n) is 15.7. The fraction of sp³-hybridized carbons (Fsp3) is 0. The fourth-order valence-corrected chi connectivity index (χ4v) is 2.62. The van der Waals surface area contributed by atoms with E-state index >= 15 is 0 Å². The van der Waals surface area contributed by atoms with E-state index in [1.54, 1.807) is 0 Å². The van der Waals surface area contributed by atoms with Crippen LogP contribution in [0.3, 0.4) is 0 Å².